The van der Waals surface area contributed by atoms with Gasteiger partial charge in [-0.3, -0.25) is 4.90 Å². The zero-order valence-corrected chi connectivity index (χ0v) is 8.15. The van der Waals surface area contributed by atoms with Gasteiger partial charge in [0.2, 0.25) is 0 Å². The van der Waals surface area contributed by atoms with E-state index in [1.165, 1.54) is 0 Å². The lowest BCUT2D eigenvalue weighted by Crippen LogP contribution is -2.63. The highest BCUT2D eigenvalue weighted by atomic mass is 32.2. The standard InChI is InChI=1S/C8H15NO3S/c10-6-3-9-1-2-13-4-5(9)7(11)8(6)12/h5-8,10-12H,1-4H2/t5-,6-,7+,8+/m0/s1. The van der Waals surface area contributed by atoms with Crippen molar-refractivity contribution in [2.24, 2.45) is 0 Å². The highest BCUT2D eigenvalue weighted by Crippen LogP contribution is 2.25. The molecule has 4 nitrogen and oxygen atoms in total. The third-order valence-corrected chi connectivity index (χ3v) is 3.89. The van der Waals surface area contributed by atoms with Gasteiger partial charge in [-0.25, -0.2) is 0 Å². The van der Waals surface area contributed by atoms with Crippen molar-refractivity contribution in [2.75, 3.05) is 24.6 Å². The Bertz CT molecular complexity index is 190. The van der Waals surface area contributed by atoms with E-state index in [4.69, 9.17) is 0 Å². The minimum Gasteiger partial charge on any atom is -0.389 e. The van der Waals surface area contributed by atoms with Gasteiger partial charge in [0.15, 0.2) is 0 Å². The molecule has 0 spiro atoms. The number of hydrogen-bond acceptors (Lipinski definition) is 5. The molecule has 2 rings (SSSR count). The van der Waals surface area contributed by atoms with Crippen LogP contribution in [0, 0.1) is 0 Å². The average Bonchev–Trinajstić information content (AvgIpc) is 2.15. The van der Waals surface area contributed by atoms with Gasteiger partial charge in [0.05, 0.1) is 12.2 Å². The van der Waals surface area contributed by atoms with Crippen LogP contribution in [-0.2, 0) is 0 Å². The molecule has 3 N–H and O–H groups in total. The SMILES string of the molecule is O[C@H]1[C@H](O)[C@@H]2CSCCN2C[C@@H]1O. The molecule has 0 saturated carbocycles. The summed E-state index contributed by atoms with van der Waals surface area (Å²) in [6.45, 7) is 1.39. The minimum absolute atomic E-state index is 0.0251. The number of hydrogen-bond donors (Lipinski definition) is 3. The van der Waals surface area contributed by atoms with Crippen LogP contribution in [0.3, 0.4) is 0 Å². The quantitative estimate of drug-likeness (QED) is 0.449. The number of rotatable bonds is 0. The molecular weight excluding hydrogens is 190 g/mol. The van der Waals surface area contributed by atoms with E-state index in [-0.39, 0.29) is 6.04 Å². The van der Waals surface area contributed by atoms with E-state index in [1.54, 1.807) is 11.8 Å². The number of aliphatic hydroxyl groups excluding tert-OH is 3. The maximum atomic E-state index is 9.68. The Morgan fingerprint density at radius 2 is 1.92 bits per heavy atom. The van der Waals surface area contributed by atoms with Gasteiger partial charge in [0.25, 0.3) is 0 Å². The van der Waals surface area contributed by atoms with Crippen molar-refractivity contribution in [1.29, 1.82) is 0 Å². The Hall–Kier alpha value is 0.190. The lowest BCUT2D eigenvalue weighted by atomic mass is 9.95. The van der Waals surface area contributed by atoms with Crippen molar-refractivity contribution in [3.05, 3.63) is 0 Å². The predicted octanol–water partition coefficient (Wildman–Crippen LogP) is -1.50. The van der Waals surface area contributed by atoms with Crippen LogP contribution in [0.25, 0.3) is 0 Å². The Morgan fingerprint density at radius 1 is 1.15 bits per heavy atom. The highest BCUT2D eigenvalue weighted by Gasteiger charge is 2.42. The van der Waals surface area contributed by atoms with Crippen LogP contribution in [0.4, 0.5) is 0 Å². The fraction of sp³-hybridized carbons (Fsp3) is 1.00. The summed E-state index contributed by atoms with van der Waals surface area (Å²) in [6.07, 6.45) is -2.56. The van der Waals surface area contributed by atoms with Gasteiger partial charge < -0.3 is 15.3 Å². The molecule has 0 aromatic carbocycles. The van der Waals surface area contributed by atoms with E-state index in [1.807, 2.05) is 0 Å². The van der Waals surface area contributed by atoms with Gasteiger partial charge in [0, 0.05) is 30.6 Å². The molecule has 4 atom stereocenters. The van der Waals surface area contributed by atoms with Crippen molar-refractivity contribution in [3.8, 4) is 0 Å². The first-order chi connectivity index (χ1) is 6.20. The average molecular weight is 205 g/mol. The molecular formula is C8H15NO3S. The van der Waals surface area contributed by atoms with E-state index < -0.39 is 18.3 Å². The van der Waals surface area contributed by atoms with E-state index in [0.717, 1.165) is 18.1 Å². The number of thioether (sulfide) groups is 1. The Morgan fingerprint density at radius 3 is 2.69 bits per heavy atom. The van der Waals surface area contributed by atoms with E-state index in [9.17, 15) is 15.3 Å². The second-order valence-corrected chi connectivity index (χ2v) is 4.84. The smallest absolute Gasteiger partial charge is 0.109 e. The topological polar surface area (TPSA) is 63.9 Å². The van der Waals surface area contributed by atoms with E-state index in [2.05, 4.69) is 4.90 Å². The molecule has 0 aliphatic carbocycles. The molecule has 2 saturated heterocycles. The third-order valence-electron chi connectivity index (χ3n) is 2.84. The van der Waals surface area contributed by atoms with Crippen LogP contribution >= 0.6 is 11.8 Å². The van der Waals surface area contributed by atoms with Crippen molar-refractivity contribution >= 4 is 11.8 Å². The van der Waals surface area contributed by atoms with Gasteiger partial charge in [-0.2, -0.15) is 11.8 Å². The molecule has 2 aliphatic rings. The van der Waals surface area contributed by atoms with Crippen molar-refractivity contribution in [3.63, 3.8) is 0 Å². The molecule has 2 fully saturated rings. The maximum Gasteiger partial charge on any atom is 0.109 e. The minimum atomic E-state index is -0.972. The van der Waals surface area contributed by atoms with Gasteiger partial charge in [0.1, 0.15) is 6.10 Å². The summed E-state index contributed by atoms with van der Waals surface area (Å²) < 4.78 is 0. The van der Waals surface area contributed by atoms with Gasteiger partial charge in [-0.05, 0) is 0 Å². The van der Waals surface area contributed by atoms with Crippen LogP contribution < -0.4 is 0 Å². The first-order valence-corrected chi connectivity index (χ1v) is 5.71. The van der Waals surface area contributed by atoms with Crippen molar-refractivity contribution in [1.82, 2.24) is 4.90 Å². The van der Waals surface area contributed by atoms with E-state index in [0.29, 0.717) is 6.54 Å². The molecule has 0 aromatic rings. The van der Waals surface area contributed by atoms with E-state index >= 15 is 0 Å². The normalized spacial score (nSPS) is 47.3. The molecule has 0 bridgehead atoms. The molecule has 2 aliphatic heterocycles. The summed E-state index contributed by atoms with van der Waals surface area (Å²) in [7, 11) is 0. The Kier molecular flexibility index (Phi) is 2.80. The van der Waals surface area contributed by atoms with Crippen LogP contribution in [-0.4, -0.2) is 69.2 Å². The summed E-state index contributed by atoms with van der Waals surface area (Å²) in [4.78, 5) is 2.07. The molecule has 2 heterocycles. The molecule has 5 heteroatoms. The molecule has 13 heavy (non-hydrogen) atoms. The van der Waals surface area contributed by atoms with Gasteiger partial charge >= 0.3 is 0 Å². The monoisotopic (exact) mass is 205 g/mol. The molecule has 0 unspecified atom stereocenters. The van der Waals surface area contributed by atoms with Crippen molar-refractivity contribution < 1.29 is 15.3 Å². The number of fused-ring (bicyclic) bond motifs is 1. The summed E-state index contributed by atoms with van der Waals surface area (Å²) in [5.41, 5.74) is 0. The molecule has 0 amide bonds. The van der Waals surface area contributed by atoms with Crippen LogP contribution in [0.2, 0.25) is 0 Å². The predicted molar refractivity (Wildman–Crippen MR) is 50.7 cm³/mol. The second-order valence-electron chi connectivity index (χ2n) is 3.69. The summed E-state index contributed by atoms with van der Waals surface area (Å²) in [5.74, 6) is 1.90. The number of nitrogens with zero attached hydrogens (tertiary/aromatic N) is 1. The summed E-state index contributed by atoms with van der Waals surface area (Å²) in [6, 6.07) is 0.0251. The molecule has 76 valence electrons. The third kappa shape index (κ3) is 1.71. The largest absolute Gasteiger partial charge is 0.389 e. The number of aliphatic hydroxyl groups is 3. The maximum absolute atomic E-state index is 9.68. The zero-order valence-electron chi connectivity index (χ0n) is 7.33. The van der Waals surface area contributed by atoms with Crippen LogP contribution in [0.5, 0.6) is 0 Å². The fourth-order valence-electron chi connectivity index (χ4n) is 2.00. The zero-order chi connectivity index (χ0) is 9.42. The van der Waals surface area contributed by atoms with Crippen molar-refractivity contribution in [2.45, 2.75) is 24.4 Å². The first-order valence-electron chi connectivity index (χ1n) is 4.56. The highest BCUT2D eigenvalue weighted by molar-refractivity contribution is 7.99. The lowest BCUT2D eigenvalue weighted by molar-refractivity contribution is -0.131. The van der Waals surface area contributed by atoms with Gasteiger partial charge in [-0.1, -0.05) is 0 Å². The lowest BCUT2D eigenvalue weighted by Gasteiger charge is -2.45. The summed E-state index contributed by atoms with van der Waals surface area (Å²) >= 11 is 1.79. The Labute approximate surface area is 81.5 Å². The van der Waals surface area contributed by atoms with Gasteiger partial charge in [-0.15, -0.1) is 0 Å². The van der Waals surface area contributed by atoms with Crippen LogP contribution in [0.1, 0.15) is 0 Å². The Balaban J connectivity index is 2.08. The fourth-order valence-corrected chi connectivity index (χ4v) is 3.18. The van der Waals surface area contributed by atoms with Crippen LogP contribution in [0.15, 0.2) is 0 Å². The molecule has 0 aromatic heterocycles. The second kappa shape index (κ2) is 3.74. The first kappa shape index (κ1) is 9.73. The summed E-state index contributed by atoms with van der Waals surface area (Å²) in [5, 5.41) is 28.6. The molecule has 0 radical (unpaired) electrons. The number of piperidine rings is 1.